The van der Waals surface area contributed by atoms with E-state index in [1.807, 2.05) is 50.2 Å². The molecule has 1 aromatic carbocycles. The highest BCUT2D eigenvalue weighted by atomic mass is 16.5. The van der Waals surface area contributed by atoms with Crippen LogP contribution in [0.2, 0.25) is 0 Å². The molecule has 134 valence electrons. The first kappa shape index (κ1) is 18.8. The number of pyridine rings is 1. The summed E-state index contributed by atoms with van der Waals surface area (Å²) in [6.07, 6.45) is 3.71. The second kappa shape index (κ2) is 10.3. The first-order chi connectivity index (χ1) is 12.2. The van der Waals surface area contributed by atoms with Gasteiger partial charge in [-0.15, -0.1) is 0 Å². The zero-order chi connectivity index (χ0) is 17.9. The van der Waals surface area contributed by atoms with Crippen molar-refractivity contribution < 1.29 is 14.3 Å². The average Bonchev–Trinajstić information content (AvgIpc) is 2.63. The molecule has 5 nitrogen and oxygen atoms in total. The van der Waals surface area contributed by atoms with Gasteiger partial charge in [0.1, 0.15) is 5.75 Å². The fourth-order valence-electron chi connectivity index (χ4n) is 2.30. The first-order valence-corrected chi connectivity index (χ1v) is 8.72. The summed E-state index contributed by atoms with van der Waals surface area (Å²) < 4.78 is 11.3. The number of nitrogens with one attached hydrogen (secondary N) is 1. The lowest BCUT2D eigenvalue weighted by atomic mass is 10.2. The number of hydrogen-bond acceptors (Lipinski definition) is 4. The zero-order valence-corrected chi connectivity index (χ0v) is 15.0. The Morgan fingerprint density at radius 3 is 2.76 bits per heavy atom. The molecule has 0 aliphatic heterocycles. The van der Waals surface area contributed by atoms with Crippen molar-refractivity contribution in [2.24, 2.45) is 0 Å². The Hall–Kier alpha value is -2.56. The van der Waals surface area contributed by atoms with Crippen molar-refractivity contribution in [1.82, 2.24) is 10.3 Å². The molecule has 25 heavy (non-hydrogen) atoms. The topological polar surface area (TPSA) is 60.5 Å². The van der Waals surface area contributed by atoms with E-state index in [1.54, 1.807) is 6.20 Å². The summed E-state index contributed by atoms with van der Waals surface area (Å²) in [5, 5.41) is 2.91. The second-order valence-electron chi connectivity index (χ2n) is 5.81. The number of para-hydroxylation sites is 1. The summed E-state index contributed by atoms with van der Waals surface area (Å²) >= 11 is 0. The zero-order valence-electron chi connectivity index (χ0n) is 15.0. The van der Waals surface area contributed by atoms with Crippen molar-refractivity contribution in [2.45, 2.75) is 39.7 Å². The van der Waals surface area contributed by atoms with Crippen LogP contribution in [0, 0.1) is 6.92 Å². The number of aromatic nitrogens is 1. The Bertz CT molecular complexity index is 673. The van der Waals surface area contributed by atoms with E-state index in [9.17, 15) is 4.79 Å². The van der Waals surface area contributed by atoms with Crippen molar-refractivity contribution in [2.75, 3.05) is 13.2 Å². The molecule has 0 saturated heterocycles. The lowest BCUT2D eigenvalue weighted by molar-refractivity contribution is -0.121. The monoisotopic (exact) mass is 342 g/mol. The molecule has 0 bridgehead atoms. The van der Waals surface area contributed by atoms with Crippen LogP contribution in [-0.4, -0.2) is 24.1 Å². The molecule has 0 aliphatic rings. The molecule has 2 rings (SSSR count). The molecular weight excluding hydrogens is 316 g/mol. The van der Waals surface area contributed by atoms with Gasteiger partial charge in [-0.2, -0.15) is 0 Å². The molecule has 0 radical (unpaired) electrons. The number of rotatable bonds is 10. The van der Waals surface area contributed by atoms with Gasteiger partial charge in [0.2, 0.25) is 11.8 Å². The van der Waals surface area contributed by atoms with Crippen LogP contribution in [0.1, 0.15) is 37.3 Å². The predicted molar refractivity (Wildman–Crippen MR) is 97.8 cm³/mol. The summed E-state index contributed by atoms with van der Waals surface area (Å²) in [5.41, 5.74) is 1.99. The Morgan fingerprint density at radius 1 is 1.12 bits per heavy atom. The Morgan fingerprint density at radius 2 is 1.96 bits per heavy atom. The summed E-state index contributed by atoms with van der Waals surface area (Å²) in [6.45, 7) is 5.62. The van der Waals surface area contributed by atoms with Gasteiger partial charge in [0.05, 0.1) is 13.2 Å². The van der Waals surface area contributed by atoms with Crippen LogP contribution in [0.25, 0.3) is 0 Å². The quantitative estimate of drug-likeness (QED) is 0.670. The molecule has 5 heteroatoms. The van der Waals surface area contributed by atoms with Crippen LogP contribution in [0.5, 0.6) is 11.6 Å². The average molecular weight is 342 g/mol. The van der Waals surface area contributed by atoms with Gasteiger partial charge in [0, 0.05) is 24.7 Å². The predicted octanol–water partition coefficient (Wildman–Crippen LogP) is 3.65. The van der Waals surface area contributed by atoms with Crippen LogP contribution in [0.4, 0.5) is 0 Å². The summed E-state index contributed by atoms with van der Waals surface area (Å²) in [5.74, 6) is 1.46. The highest BCUT2D eigenvalue weighted by Gasteiger charge is 2.07. The van der Waals surface area contributed by atoms with E-state index in [-0.39, 0.29) is 5.91 Å². The Kier molecular flexibility index (Phi) is 7.76. The van der Waals surface area contributed by atoms with Gasteiger partial charge in [0.15, 0.2) is 0 Å². The van der Waals surface area contributed by atoms with E-state index >= 15 is 0 Å². The van der Waals surface area contributed by atoms with E-state index in [1.165, 1.54) is 0 Å². The standard InChI is InChI=1S/C20H26N2O3/c1-3-13-25-20-17(9-6-12-21-20)15-22-19(23)11-7-14-24-18-10-5-4-8-16(18)2/h4-6,8-10,12H,3,7,11,13-15H2,1-2H3,(H,22,23). The maximum Gasteiger partial charge on any atom is 0.220 e. The minimum Gasteiger partial charge on any atom is -0.493 e. The van der Waals surface area contributed by atoms with Gasteiger partial charge in [-0.1, -0.05) is 31.2 Å². The van der Waals surface area contributed by atoms with Gasteiger partial charge in [0.25, 0.3) is 0 Å². The number of aryl methyl sites for hydroxylation is 1. The number of ether oxygens (including phenoxy) is 2. The van der Waals surface area contributed by atoms with Gasteiger partial charge in [-0.05, 0) is 37.5 Å². The Balaban J connectivity index is 1.70. The van der Waals surface area contributed by atoms with E-state index in [0.717, 1.165) is 23.3 Å². The molecule has 1 N–H and O–H groups in total. The van der Waals surface area contributed by atoms with Gasteiger partial charge < -0.3 is 14.8 Å². The van der Waals surface area contributed by atoms with Gasteiger partial charge >= 0.3 is 0 Å². The van der Waals surface area contributed by atoms with Crippen molar-refractivity contribution in [1.29, 1.82) is 0 Å². The van der Waals surface area contributed by atoms with Crippen LogP contribution < -0.4 is 14.8 Å². The van der Waals surface area contributed by atoms with Gasteiger partial charge in [-0.25, -0.2) is 4.98 Å². The lowest BCUT2D eigenvalue weighted by Crippen LogP contribution is -2.23. The van der Waals surface area contributed by atoms with Crippen molar-refractivity contribution in [3.05, 3.63) is 53.7 Å². The highest BCUT2D eigenvalue weighted by molar-refractivity contribution is 5.75. The third-order valence-corrected chi connectivity index (χ3v) is 3.67. The molecule has 0 fully saturated rings. The number of benzene rings is 1. The highest BCUT2D eigenvalue weighted by Crippen LogP contribution is 2.16. The maximum atomic E-state index is 12.0. The van der Waals surface area contributed by atoms with Crippen molar-refractivity contribution in [3.8, 4) is 11.6 Å². The fraction of sp³-hybridized carbons (Fsp3) is 0.400. The summed E-state index contributed by atoms with van der Waals surface area (Å²) in [7, 11) is 0. The number of carbonyl (C=O) groups excluding carboxylic acids is 1. The normalized spacial score (nSPS) is 10.3. The van der Waals surface area contributed by atoms with Crippen LogP contribution in [0.15, 0.2) is 42.6 Å². The molecule has 2 aromatic rings. The molecule has 1 heterocycles. The second-order valence-corrected chi connectivity index (χ2v) is 5.81. The molecule has 0 aliphatic carbocycles. The van der Waals surface area contributed by atoms with E-state index in [0.29, 0.717) is 38.5 Å². The maximum absolute atomic E-state index is 12.0. The molecule has 0 unspecified atom stereocenters. The van der Waals surface area contributed by atoms with Crippen LogP contribution >= 0.6 is 0 Å². The minimum absolute atomic E-state index is 0.00122. The number of nitrogens with zero attached hydrogens (tertiary/aromatic N) is 1. The minimum atomic E-state index is -0.00122. The fourth-order valence-corrected chi connectivity index (χ4v) is 2.30. The molecular formula is C20H26N2O3. The van der Waals surface area contributed by atoms with Gasteiger partial charge in [-0.3, -0.25) is 4.79 Å². The van der Waals surface area contributed by atoms with E-state index in [4.69, 9.17) is 9.47 Å². The van der Waals surface area contributed by atoms with Crippen LogP contribution in [0.3, 0.4) is 0 Å². The van der Waals surface area contributed by atoms with Crippen LogP contribution in [-0.2, 0) is 11.3 Å². The SMILES string of the molecule is CCCOc1ncccc1CNC(=O)CCCOc1ccccc1C. The molecule has 0 atom stereocenters. The summed E-state index contributed by atoms with van der Waals surface area (Å²) in [6, 6.07) is 11.6. The molecule has 0 saturated carbocycles. The van der Waals surface area contributed by atoms with Crippen molar-refractivity contribution in [3.63, 3.8) is 0 Å². The smallest absolute Gasteiger partial charge is 0.220 e. The third-order valence-electron chi connectivity index (χ3n) is 3.67. The first-order valence-electron chi connectivity index (χ1n) is 8.72. The Labute approximate surface area is 149 Å². The van der Waals surface area contributed by atoms with Crippen molar-refractivity contribution >= 4 is 5.91 Å². The lowest BCUT2D eigenvalue weighted by Gasteiger charge is -2.11. The largest absolute Gasteiger partial charge is 0.493 e. The number of carbonyl (C=O) groups is 1. The summed E-state index contributed by atoms with van der Waals surface area (Å²) in [4.78, 5) is 16.2. The number of hydrogen-bond donors (Lipinski definition) is 1. The number of amides is 1. The van der Waals surface area contributed by atoms with E-state index in [2.05, 4.69) is 10.3 Å². The molecule has 0 spiro atoms. The third kappa shape index (κ3) is 6.45. The van der Waals surface area contributed by atoms with E-state index < -0.39 is 0 Å². The molecule has 1 amide bonds. The molecule has 1 aromatic heterocycles.